The molecule has 0 aliphatic rings. The maximum absolute atomic E-state index is 12.2. The lowest BCUT2D eigenvalue weighted by Gasteiger charge is -2.08. The lowest BCUT2D eigenvalue weighted by atomic mass is 10.1. The van der Waals surface area contributed by atoms with E-state index in [1.54, 1.807) is 0 Å². The van der Waals surface area contributed by atoms with Crippen molar-refractivity contribution < 1.29 is 18.0 Å². The molecule has 0 fully saturated rings. The van der Waals surface area contributed by atoms with Crippen molar-refractivity contribution in [2.45, 2.75) is 6.18 Å². The minimum Gasteiger partial charge on any atom is -0.324 e. The molecule has 6 heteroatoms. The lowest BCUT2D eigenvalue weighted by Crippen LogP contribution is -2.14. The SMILES string of the molecule is NCC(=O)c1ccc(C(F)(F)F)cc1Cl. The average molecular weight is 238 g/mol. The second-order valence-corrected chi connectivity index (χ2v) is 3.23. The fourth-order valence-corrected chi connectivity index (χ4v) is 1.31. The number of hydrogen-bond acceptors (Lipinski definition) is 2. The molecule has 15 heavy (non-hydrogen) atoms. The van der Waals surface area contributed by atoms with Gasteiger partial charge in [-0.3, -0.25) is 4.79 Å². The Balaban J connectivity index is 3.15. The molecule has 1 aromatic rings. The molecule has 0 atom stereocenters. The molecule has 0 saturated carbocycles. The number of benzene rings is 1. The highest BCUT2D eigenvalue weighted by atomic mass is 35.5. The van der Waals surface area contributed by atoms with E-state index in [0.29, 0.717) is 6.07 Å². The Hall–Kier alpha value is -1.07. The van der Waals surface area contributed by atoms with Gasteiger partial charge in [0.2, 0.25) is 0 Å². The van der Waals surface area contributed by atoms with Crippen molar-refractivity contribution in [2.75, 3.05) is 6.54 Å². The topological polar surface area (TPSA) is 43.1 Å². The van der Waals surface area contributed by atoms with Crippen LogP contribution >= 0.6 is 11.6 Å². The first-order valence-electron chi connectivity index (χ1n) is 3.96. The smallest absolute Gasteiger partial charge is 0.324 e. The fourth-order valence-electron chi connectivity index (χ4n) is 1.03. The highest BCUT2D eigenvalue weighted by molar-refractivity contribution is 6.34. The third kappa shape index (κ3) is 2.70. The number of alkyl halides is 3. The van der Waals surface area contributed by atoms with E-state index in [0.717, 1.165) is 12.1 Å². The Labute approximate surface area is 88.8 Å². The number of ketones is 1. The summed E-state index contributed by atoms with van der Waals surface area (Å²) in [6.07, 6.45) is -4.46. The van der Waals surface area contributed by atoms with Gasteiger partial charge in [0.15, 0.2) is 5.78 Å². The standard InChI is InChI=1S/C9H7ClF3NO/c10-7-3-5(9(11,12)13)1-2-6(7)8(15)4-14/h1-3H,4,14H2. The predicted molar refractivity (Wildman–Crippen MR) is 49.8 cm³/mol. The molecule has 0 saturated heterocycles. The molecule has 1 rings (SSSR count). The van der Waals surface area contributed by atoms with Crippen LogP contribution in [0.4, 0.5) is 13.2 Å². The summed E-state index contributed by atoms with van der Waals surface area (Å²) >= 11 is 5.53. The molecule has 1 aromatic carbocycles. The Bertz CT molecular complexity index is 389. The van der Waals surface area contributed by atoms with Crippen LogP contribution < -0.4 is 5.73 Å². The van der Waals surface area contributed by atoms with Gasteiger partial charge in [-0.25, -0.2) is 0 Å². The first kappa shape index (κ1) is 12.0. The van der Waals surface area contributed by atoms with Crippen molar-refractivity contribution in [2.24, 2.45) is 5.73 Å². The zero-order valence-electron chi connectivity index (χ0n) is 7.44. The van der Waals surface area contributed by atoms with E-state index in [-0.39, 0.29) is 17.1 Å². The number of hydrogen-bond donors (Lipinski definition) is 1. The van der Waals surface area contributed by atoms with Crippen molar-refractivity contribution in [1.82, 2.24) is 0 Å². The van der Waals surface area contributed by atoms with Crippen LogP contribution in [0.1, 0.15) is 15.9 Å². The van der Waals surface area contributed by atoms with E-state index in [9.17, 15) is 18.0 Å². The van der Waals surface area contributed by atoms with Crippen LogP contribution in [-0.4, -0.2) is 12.3 Å². The summed E-state index contributed by atoms with van der Waals surface area (Å²) in [7, 11) is 0. The van der Waals surface area contributed by atoms with E-state index in [4.69, 9.17) is 17.3 Å². The van der Waals surface area contributed by atoms with Crippen LogP contribution in [0.15, 0.2) is 18.2 Å². The van der Waals surface area contributed by atoms with Gasteiger partial charge in [0, 0.05) is 5.56 Å². The van der Waals surface area contributed by atoms with E-state index >= 15 is 0 Å². The van der Waals surface area contributed by atoms with E-state index in [2.05, 4.69) is 0 Å². The Morgan fingerprint density at radius 1 is 1.40 bits per heavy atom. The molecular formula is C9H7ClF3NO. The van der Waals surface area contributed by atoms with Crippen LogP contribution in [-0.2, 0) is 6.18 Å². The molecule has 82 valence electrons. The molecule has 0 spiro atoms. The summed E-state index contributed by atoms with van der Waals surface area (Å²) in [5.74, 6) is -0.492. The van der Waals surface area contributed by atoms with Crippen molar-refractivity contribution in [3.05, 3.63) is 34.3 Å². The Morgan fingerprint density at radius 3 is 2.40 bits per heavy atom. The number of rotatable bonds is 2. The van der Waals surface area contributed by atoms with E-state index in [1.807, 2.05) is 0 Å². The quantitative estimate of drug-likeness (QED) is 0.803. The van der Waals surface area contributed by atoms with Crippen molar-refractivity contribution in [3.8, 4) is 0 Å². The normalized spacial score (nSPS) is 11.5. The van der Waals surface area contributed by atoms with E-state index < -0.39 is 17.5 Å². The average Bonchev–Trinajstić information content (AvgIpc) is 2.15. The fraction of sp³-hybridized carbons (Fsp3) is 0.222. The Morgan fingerprint density at radius 2 is 2.00 bits per heavy atom. The maximum atomic E-state index is 12.2. The van der Waals surface area contributed by atoms with Gasteiger partial charge >= 0.3 is 6.18 Å². The number of nitrogens with two attached hydrogens (primary N) is 1. The molecule has 0 aliphatic heterocycles. The number of Topliss-reactive ketones (excluding diaryl/α,β-unsaturated/α-hetero) is 1. The number of carbonyl (C=O) groups excluding carboxylic acids is 1. The van der Waals surface area contributed by atoms with Crippen molar-refractivity contribution in [3.63, 3.8) is 0 Å². The molecule has 0 unspecified atom stereocenters. The molecule has 0 aromatic heterocycles. The van der Waals surface area contributed by atoms with Crippen molar-refractivity contribution in [1.29, 1.82) is 0 Å². The molecule has 0 radical (unpaired) electrons. The second-order valence-electron chi connectivity index (χ2n) is 2.82. The molecule has 0 bridgehead atoms. The monoisotopic (exact) mass is 237 g/mol. The first-order valence-corrected chi connectivity index (χ1v) is 4.34. The lowest BCUT2D eigenvalue weighted by molar-refractivity contribution is -0.137. The molecule has 0 heterocycles. The third-order valence-electron chi connectivity index (χ3n) is 1.78. The van der Waals surface area contributed by atoms with Gasteiger partial charge in [0.05, 0.1) is 17.1 Å². The van der Waals surface area contributed by atoms with Crippen LogP contribution in [0.25, 0.3) is 0 Å². The molecular weight excluding hydrogens is 231 g/mol. The van der Waals surface area contributed by atoms with Gasteiger partial charge in [-0.15, -0.1) is 0 Å². The number of carbonyl (C=O) groups is 1. The van der Waals surface area contributed by atoms with Gasteiger partial charge in [0.1, 0.15) is 0 Å². The zero-order valence-corrected chi connectivity index (χ0v) is 8.19. The summed E-state index contributed by atoms with van der Waals surface area (Å²) in [6, 6.07) is 2.54. The molecule has 0 aliphatic carbocycles. The largest absolute Gasteiger partial charge is 0.416 e. The van der Waals surface area contributed by atoms with Gasteiger partial charge in [-0.05, 0) is 18.2 Å². The molecule has 2 N–H and O–H groups in total. The minimum absolute atomic E-state index is 0.00664. The summed E-state index contributed by atoms with van der Waals surface area (Å²) in [6.45, 7) is -0.287. The minimum atomic E-state index is -4.46. The zero-order chi connectivity index (χ0) is 11.6. The van der Waals surface area contributed by atoms with Crippen LogP contribution in [0, 0.1) is 0 Å². The highest BCUT2D eigenvalue weighted by Gasteiger charge is 2.31. The van der Waals surface area contributed by atoms with Gasteiger partial charge in [-0.2, -0.15) is 13.2 Å². The molecule has 2 nitrogen and oxygen atoms in total. The predicted octanol–water partition coefficient (Wildman–Crippen LogP) is 2.50. The van der Waals surface area contributed by atoms with Gasteiger partial charge in [0.25, 0.3) is 0 Å². The van der Waals surface area contributed by atoms with Crippen molar-refractivity contribution >= 4 is 17.4 Å². The maximum Gasteiger partial charge on any atom is 0.416 e. The van der Waals surface area contributed by atoms with Gasteiger partial charge < -0.3 is 5.73 Å². The van der Waals surface area contributed by atoms with Crippen LogP contribution in [0.5, 0.6) is 0 Å². The summed E-state index contributed by atoms with van der Waals surface area (Å²) < 4.78 is 36.6. The number of halogens is 4. The highest BCUT2D eigenvalue weighted by Crippen LogP contribution is 2.32. The third-order valence-corrected chi connectivity index (χ3v) is 2.09. The molecule has 0 amide bonds. The Kier molecular flexibility index (Phi) is 3.36. The summed E-state index contributed by atoms with van der Waals surface area (Å²) in [5, 5.41) is -0.236. The first-order chi connectivity index (χ1) is 6.86. The van der Waals surface area contributed by atoms with E-state index in [1.165, 1.54) is 0 Å². The summed E-state index contributed by atoms with van der Waals surface area (Å²) in [5.41, 5.74) is 4.19. The summed E-state index contributed by atoms with van der Waals surface area (Å²) in [4.78, 5) is 11.1. The van der Waals surface area contributed by atoms with Crippen LogP contribution in [0.3, 0.4) is 0 Å². The van der Waals surface area contributed by atoms with Crippen LogP contribution in [0.2, 0.25) is 5.02 Å². The van der Waals surface area contributed by atoms with Gasteiger partial charge in [-0.1, -0.05) is 11.6 Å². The second kappa shape index (κ2) is 4.20.